The number of hydrogen-bond acceptors (Lipinski definition) is 3. The summed E-state index contributed by atoms with van der Waals surface area (Å²) in [6, 6.07) is 6.21. The van der Waals surface area contributed by atoms with Crippen LogP contribution >= 0.6 is 0 Å². The molecule has 0 bridgehead atoms. The summed E-state index contributed by atoms with van der Waals surface area (Å²) in [5.74, 6) is -0.871. The van der Waals surface area contributed by atoms with E-state index in [9.17, 15) is 14.7 Å². The van der Waals surface area contributed by atoms with Crippen molar-refractivity contribution in [3.05, 3.63) is 35.4 Å². The fourth-order valence-corrected chi connectivity index (χ4v) is 4.00. The van der Waals surface area contributed by atoms with E-state index in [1.54, 1.807) is 12.1 Å². The number of likely N-dealkylation sites (tertiary alicyclic amines) is 1. The molecule has 0 radical (unpaired) electrons. The quantitative estimate of drug-likeness (QED) is 0.898. The van der Waals surface area contributed by atoms with E-state index in [-0.39, 0.29) is 29.5 Å². The monoisotopic (exact) mass is 317 g/mol. The van der Waals surface area contributed by atoms with Gasteiger partial charge in [0, 0.05) is 24.1 Å². The van der Waals surface area contributed by atoms with Gasteiger partial charge in [-0.1, -0.05) is 12.8 Å². The largest absolute Gasteiger partial charge is 0.478 e. The van der Waals surface area contributed by atoms with E-state index in [0.717, 1.165) is 38.5 Å². The minimum Gasteiger partial charge on any atom is -0.478 e. The van der Waals surface area contributed by atoms with Crippen LogP contribution < -0.4 is 0 Å². The number of carboxylic acid groups (broad SMARTS) is 1. The van der Waals surface area contributed by atoms with Gasteiger partial charge in [0.2, 0.25) is 0 Å². The molecule has 1 aliphatic carbocycles. The highest BCUT2D eigenvalue weighted by Crippen LogP contribution is 2.35. The van der Waals surface area contributed by atoms with Crippen molar-refractivity contribution in [1.82, 2.24) is 4.90 Å². The Morgan fingerprint density at radius 2 is 1.61 bits per heavy atom. The number of aliphatic hydroxyl groups is 1. The van der Waals surface area contributed by atoms with Crippen molar-refractivity contribution in [2.24, 2.45) is 5.92 Å². The lowest BCUT2D eigenvalue weighted by atomic mass is 9.80. The van der Waals surface area contributed by atoms with E-state index < -0.39 is 5.97 Å². The van der Waals surface area contributed by atoms with Gasteiger partial charge < -0.3 is 15.1 Å². The van der Waals surface area contributed by atoms with E-state index in [4.69, 9.17) is 5.11 Å². The number of carbonyl (C=O) groups excluding carboxylic acids is 1. The molecule has 1 aromatic rings. The van der Waals surface area contributed by atoms with Gasteiger partial charge in [0.15, 0.2) is 0 Å². The van der Waals surface area contributed by atoms with Gasteiger partial charge in [0.05, 0.1) is 11.7 Å². The molecule has 3 rings (SSSR count). The second kappa shape index (κ2) is 6.71. The molecule has 0 aromatic heterocycles. The molecule has 124 valence electrons. The minimum atomic E-state index is -0.992. The first-order chi connectivity index (χ1) is 11.1. The van der Waals surface area contributed by atoms with Crippen LogP contribution in [0.1, 0.15) is 59.2 Å². The lowest BCUT2D eigenvalue weighted by Crippen LogP contribution is -2.45. The van der Waals surface area contributed by atoms with E-state index in [2.05, 4.69) is 0 Å². The molecule has 0 spiro atoms. The number of aromatic carboxylic acids is 1. The maximum absolute atomic E-state index is 12.8. The maximum Gasteiger partial charge on any atom is 0.335 e. The standard InChI is InChI=1S/C18H23NO4/c20-16-6-2-1-4-14(16)15-5-3-11-19(15)17(21)12-7-9-13(10-8-12)18(22)23/h7-10,14-16,20H,1-6,11H2,(H,22,23). The van der Waals surface area contributed by atoms with Crippen molar-refractivity contribution >= 4 is 11.9 Å². The first kappa shape index (κ1) is 16.0. The van der Waals surface area contributed by atoms with Gasteiger partial charge in [-0.05, 0) is 49.9 Å². The van der Waals surface area contributed by atoms with Crippen LogP contribution in [0.3, 0.4) is 0 Å². The Hall–Kier alpha value is -1.88. The fraction of sp³-hybridized carbons (Fsp3) is 0.556. The van der Waals surface area contributed by atoms with Crippen LogP contribution in [0.5, 0.6) is 0 Å². The molecule has 1 saturated heterocycles. The Kier molecular flexibility index (Phi) is 4.66. The van der Waals surface area contributed by atoms with E-state index in [1.165, 1.54) is 12.1 Å². The normalized spacial score (nSPS) is 27.9. The third-order valence-corrected chi connectivity index (χ3v) is 5.21. The van der Waals surface area contributed by atoms with Crippen LogP contribution in [0.2, 0.25) is 0 Å². The lowest BCUT2D eigenvalue weighted by molar-refractivity contribution is 0.0211. The summed E-state index contributed by atoms with van der Waals surface area (Å²) in [4.78, 5) is 25.6. The smallest absolute Gasteiger partial charge is 0.335 e. The molecule has 1 amide bonds. The first-order valence-electron chi connectivity index (χ1n) is 8.40. The highest BCUT2D eigenvalue weighted by atomic mass is 16.4. The number of amides is 1. The number of nitrogens with zero attached hydrogens (tertiary/aromatic N) is 1. The summed E-state index contributed by atoms with van der Waals surface area (Å²) in [5, 5.41) is 19.2. The van der Waals surface area contributed by atoms with Crippen molar-refractivity contribution in [1.29, 1.82) is 0 Å². The molecule has 3 atom stereocenters. The third-order valence-electron chi connectivity index (χ3n) is 5.21. The fourth-order valence-electron chi connectivity index (χ4n) is 4.00. The Balaban J connectivity index is 1.76. The number of carbonyl (C=O) groups is 2. The summed E-state index contributed by atoms with van der Waals surface area (Å²) in [7, 11) is 0. The van der Waals surface area contributed by atoms with Gasteiger partial charge in [0.1, 0.15) is 0 Å². The van der Waals surface area contributed by atoms with E-state index in [1.807, 2.05) is 4.90 Å². The zero-order valence-electron chi connectivity index (χ0n) is 13.1. The summed E-state index contributed by atoms with van der Waals surface area (Å²) < 4.78 is 0. The van der Waals surface area contributed by atoms with Crippen molar-refractivity contribution in [3.63, 3.8) is 0 Å². The predicted octanol–water partition coefficient (Wildman–Crippen LogP) is 2.54. The third kappa shape index (κ3) is 3.24. The van der Waals surface area contributed by atoms with Gasteiger partial charge in [-0.15, -0.1) is 0 Å². The predicted molar refractivity (Wildman–Crippen MR) is 85.4 cm³/mol. The number of carboxylic acids is 1. The molecule has 2 fully saturated rings. The van der Waals surface area contributed by atoms with Crippen molar-refractivity contribution in [3.8, 4) is 0 Å². The average molecular weight is 317 g/mol. The van der Waals surface area contributed by atoms with Crippen LogP contribution in [0.4, 0.5) is 0 Å². The zero-order chi connectivity index (χ0) is 16.4. The molecule has 1 aromatic carbocycles. The highest BCUT2D eigenvalue weighted by molar-refractivity contribution is 5.96. The van der Waals surface area contributed by atoms with Gasteiger partial charge in [0.25, 0.3) is 5.91 Å². The molecule has 2 N–H and O–H groups in total. The van der Waals surface area contributed by atoms with Gasteiger partial charge in [-0.3, -0.25) is 4.79 Å². The molecule has 23 heavy (non-hydrogen) atoms. The SMILES string of the molecule is O=C(O)c1ccc(C(=O)N2CCCC2C2CCCCC2O)cc1. The molecular formula is C18H23NO4. The molecule has 1 saturated carbocycles. The number of benzene rings is 1. The Morgan fingerprint density at radius 1 is 0.957 bits per heavy atom. The number of aliphatic hydroxyl groups excluding tert-OH is 1. The summed E-state index contributed by atoms with van der Waals surface area (Å²) >= 11 is 0. The highest BCUT2D eigenvalue weighted by Gasteiger charge is 2.39. The number of rotatable bonds is 3. The molecule has 1 heterocycles. The van der Waals surface area contributed by atoms with Crippen molar-refractivity contribution < 1.29 is 19.8 Å². The Bertz CT molecular complexity index is 583. The summed E-state index contributed by atoms with van der Waals surface area (Å²) in [6.45, 7) is 0.716. The van der Waals surface area contributed by atoms with Crippen LogP contribution in [-0.2, 0) is 0 Å². The molecular weight excluding hydrogens is 294 g/mol. The minimum absolute atomic E-state index is 0.0535. The van der Waals surface area contributed by atoms with Crippen LogP contribution in [-0.4, -0.2) is 45.7 Å². The molecule has 2 aliphatic rings. The zero-order valence-corrected chi connectivity index (χ0v) is 13.1. The van der Waals surface area contributed by atoms with Crippen molar-refractivity contribution in [2.45, 2.75) is 50.7 Å². The summed E-state index contributed by atoms with van der Waals surface area (Å²) in [6.07, 6.45) is 5.59. The lowest BCUT2D eigenvalue weighted by Gasteiger charge is -2.37. The van der Waals surface area contributed by atoms with Gasteiger partial charge in [-0.25, -0.2) is 4.79 Å². The van der Waals surface area contributed by atoms with Gasteiger partial charge in [-0.2, -0.15) is 0 Å². The van der Waals surface area contributed by atoms with E-state index >= 15 is 0 Å². The topological polar surface area (TPSA) is 77.8 Å². The molecule has 5 nitrogen and oxygen atoms in total. The summed E-state index contributed by atoms with van der Waals surface area (Å²) in [5.41, 5.74) is 0.703. The van der Waals surface area contributed by atoms with Gasteiger partial charge >= 0.3 is 5.97 Å². The van der Waals surface area contributed by atoms with Crippen LogP contribution in [0.15, 0.2) is 24.3 Å². The van der Waals surface area contributed by atoms with Crippen LogP contribution in [0, 0.1) is 5.92 Å². The second-order valence-corrected chi connectivity index (χ2v) is 6.61. The van der Waals surface area contributed by atoms with E-state index in [0.29, 0.717) is 12.1 Å². The Morgan fingerprint density at radius 3 is 2.26 bits per heavy atom. The Labute approximate surface area is 135 Å². The molecule has 3 unspecified atom stereocenters. The molecule has 1 aliphatic heterocycles. The van der Waals surface area contributed by atoms with Crippen molar-refractivity contribution in [2.75, 3.05) is 6.54 Å². The second-order valence-electron chi connectivity index (χ2n) is 6.61. The molecule has 5 heteroatoms. The average Bonchev–Trinajstić information content (AvgIpc) is 3.04. The van der Waals surface area contributed by atoms with Crippen LogP contribution in [0.25, 0.3) is 0 Å². The number of hydrogen-bond donors (Lipinski definition) is 2. The first-order valence-corrected chi connectivity index (χ1v) is 8.40. The maximum atomic E-state index is 12.8.